The van der Waals surface area contributed by atoms with Crippen LogP contribution in [-0.2, 0) is 9.59 Å². The summed E-state index contributed by atoms with van der Waals surface area (Å²) in [6.07, 6.45) is 8.45. The Morgan fingerprint density at radius 2 is 1.88 bits per heavy atom. The van der Waals surface area contributed by atoms with E-state index in [0.717, 1.165) is 32.2 Å². The normalized spacial score (nSPS) is 33.8. The molecule has 1 fully saturated rings. The quantitative estimate of drug-likeness (QED) is 0.751. The van der Waals surface area contributed by atoms with Gasteiger partial charge >= 0.3 is 0 Å². The summed E-state index contributed by atoms with van der Waals surface area (Å²) in [6.45, 7) is 12.6. The van der Waals surface area contributed by atoms with E-state index in [9.17, 15) is 9.59 Å². The summed E-state index contributed by atoms with van der Waals surface area (Å²) in [4.78, 5) is 28.2. The van der Waals surface area contributed by atoms with E-state index in [-0.39, 0.29) is 30.1 Å². The van der Waals surface area contributed by atoms with Crippen LogP contribution in [0, 0.1) is 5.92 Å². The van der Waals surface area contributed by atoms with Gasteiger partial charge in [-0.2, -0.15) is 0 Å². The van der Waals surface area contributed by atoms with Crippen molar-refractivity contribution in [1.82, 2.24) is 15.5 Å². The molecule has 5 heteroatoms. The zero-order valence-corrected chi connectivity index (χ0v) is 17.2. The summed E-state index contributed by atoms with van der Waals surface area (Å²) in [7, 11) is 0. The number of carbonyl (C=O) groups is 2. The SMILES string of the molecule is CC(C)N[C@@]1(C)CCCCC=CCN2CC(C(=O)C(C)C)(C2)NCC1=O. The maximum absolute atomic E-state index is 13.1. The van der Waals surface area contributed by atoms with E-state index in [4.69, 9.17) is 0 Å². The molecule has 0 saturated carbocycles. The maximum Gasteiger partial charge on any atom is 0.166 e. The third-order valence-corrected chi connectivity index (χ3v) is 5.62. The first kappa shape index (κ1) is 21.3. The van der Waals surface area contributed by atoms with Gasteiger partial charge in [-0.1, -0.05) is 32.4 Å². The number of rotatable bonds is 4. The highest BCUT2D eigenvalue weighted by Crippen LogP contribution is 2.26. The van der Waals surface area contributed by atoms with E-state index < -0.39 is 11.1 Å². The summed E-state index contributed by atoms with van der Waals surface area (Å²) in [5.41, 5.74) is -1.11. The van der Waals surface area contributed by atoms with Gasteiger partial charge in [-0.05, 0) is 40.0 Å². The largest absolute Gasteiger partial charge is 0.303 e. The van der Waals surface area contributed by atoms with E-state index in [1.165, 1.54) is 0 Å². The van der Waals surface area contributed by atoms with Crippen molar-refractivity contribution < 1.29 is 9.59 Å². The van der Waals surface area contributed by atoms with Crippen molar-refractivity contribution in [1.29, 1.82) is 0 Å². The molecule has 5 nitrogen and oxygen atoms in total. The molecule has 148 valence electrons. The van der Waals surface area contributed by atoms with Crippen LogP contribution in [0.2, 0.25) is 0 Å². The predicted octanol–water partition coefficient (Wildman–Crippen LogP) is 2.31. The number of hydrogen-bond donors (Lipinski definition) is 2. The van der Waals surface area contributed by atoms with Crippen LogP contribution >= 0.6 is 0 Å². The highest BCUT2D eigenvalue weighted by atomic mass is 16.1. The third kappa shape index (κ3) is 5.02. The van der Waals surface area contributed by atoms with Crippen LogP contribution < -0.4 is 10.6 Å². The standard InChI is InChI=1S/C21H37N3O2/c1-16(2)19(26)21-14-24(15-21)12-10-8-6-7-9-11-20(5,23-17(3)4)18(25)13-22-21/h8,10,16-17,22-23H,6-7,9,11-15H2,1-5H3/t20-/m0/s1. The predicted molar refractivity (Wildman–Crippen MR) is 106 cm³/mol. The molecule has 1 saturated heterocycles. The molecule has 3 aliphatic rings. The number of Topliss-reactive ketones (excluding diaryl/α,β-unsaturated/α-hetero) is 2. The minimum atomic E-state index is -0.569. The first-order valence-corrected chi connectivity index (χ1v) is 10.2. The highest BCUT2D eigenvalue weighted by molar-refractivity contribution is 5.94. The maximum atomic E-state index is 13.1. The van der Waals surface area contributed by atoms with Gasteiger partial charge in [0.25, 0.3) is 0 Å². The van der Waals surface area contributed by atoms with Crippen LogP contribution in [-0.4, -0.2) is 59.8 Å². The molecule has 3 heterocycles. The first-order chi connectivity index (χ1) is 12.2. The molecule has 1 atom stereocenters. The van der Waals surface area contributed by atoms with Crippen LogP contribution in [0.25, 0.3) is 0 Å². The Bertz CT molecular complexity index is 535. The lowest BCUT2D eigenvalue weighted by atomic mass is 9.79. The molecule has 0 unspecified atom stereocenters. The van der Waals surface area contributed by atoms with Crippen molar-refractivity contribution >= 4 is 11.6 Å². The summed E-state index contributed by atoms with van der Waals surface area (Å²) < 4.78 is 0. The fraction of sp³-hybridized carbons (Fsp3) is 0.810. The van der Waals surface area contributed by atoms with Crippen LogP contribution in [0.1, 0.15) is 60.3 Å². The summed E-state index contributed by atoms with van der Waals surface area (Å²) in [6, 6.07) is 0.244. The van der Waals surface area contributed by atoms with E-state index in [0.29, 0.717) is 13.1 Å². The fourth-order valence-corrected chi connectivity index (χ4v) is 4.21. The lowest BCUT2D eigenvalue weighted by molar-refractivity contribution is -0.136. The van der Waals surface area contributed by atoms with Crippen LogP contribution in [0.4, 0.5) is 0 Å². The molecule has 0 aliphatic carbocycles. The molecule has 2 bridgehead atoms. The van der Waals surface area contributed by atoms with Crippen LogP contribution in [0.15, 0.2) is 12.2 Å². The topological polar surface area (TPSA) is 61.4 Å². The Morgan fingerprint density at radius 1 is 1.19 bits per heavy atom. The molecule has 0 aromatic heterocycles. The first-order valence-electron chi connectivity index (χ1n) is 10.2. The summed E-state index contributed by atoms with van der Waals surface area (Å²) in [5.74, 6) is 0.346. The molecule has 0 amide bonds. The molecular formula is C21H37N3O2. The molecule has 0 aromatic rings. The molecule has 0 spiro atoms. The Labute approximate surface area is 159 Å². The zero-order chi connectivity index (χ0) is 19.4. The lowest BCUT2D eigenvalue weighted by Gasteiger charge is -2.50. The Balaban J connectivity index is 2.18. The number of fused-ring (bicyclic) bond motifs is 9. The highest BCUT2D eigenvalue weighted by Gasteiger charge is 2.49. The van der Waals surface area contributed by atoms with Crippen molar-refractivity contribution in [2.24, 2.45) is 5.92 Å². The number of ketones is 2. The third-order valence-electron chi connectivity index (χ3n) is 5.62. The second-order valence-electron chi connectivity index (χ2n) is 8.90. The fourth-order valence-electron chi connectivity index (χ4n) is 4.21. The van der Waals surface area contributed by atoms with Gasteiger partial charge in [0.05, 0.1) is 12.1 Å². The number of hydrogen-bond acceptors (Lipinski definition) is 5. The molecule has 3 aliphatic heterocycles. The molecule has 26 heavy (non-hydrogen) atoms. The van der Waals surface area contributed by atoms with E-state index in [2.05, 4.69) is 41.5 Å². The van der Waals surface area contributed by atoms with Crippen molar-refractivity contribution in [3.8, 4) is 0 Å². The Kier molecular flexibility index (Phi) is 7.17. The smallest absolute Gasteiger partial charge is 0.166 e. The minimum Gasteiger partial charge on any atom is -0.303 e. The van der Waals surface area contributed by atoms with Gasteiger partial charge in [0.15, 0.2) is 11.6 Å². The van der Waals surface area contributed by atoms with Gasteiger partial charge in [-0.25, -0.2) is 0 Å². The van der Waals surface area contributed by atoms with Gasteiger partial charge in [0.1, 0.15) is 5.54 Å². The molecular weight excluding hydrogens is 326 g/mol. The number of carbonyl (C=O) groups excluding carboxylic acids is 2. The van der Waals surface area contributed by atoms with Crippen LogP contribution in [0.3, 0.4) is 0 Å². The second kappa shape index (κ2) is 8.77. The molecule has 0 radical (unpaired) electrons. The average Bonchev–Trinajstić information content (AvgIpc) is 2.52. The van der Waals surface area contributed by atoms with Gasteiger partial charge in [-0.3, -0.25) is 19.8 Å². The Morgan fingerprint density at radius 3 is 2.50 bits per heavy atom. The van der Waals surface area contributed by atoms with Crippen molar-refractivity contribution in [3.05, 3.63) is 12.2 Å². The number of nitrogens with one attached hydrogen (secondary N) is 2. The van der Waals surface area contributed by atoms with Crippen molar-refractivity contribution in [2.75, 3.05) is 26.2 Å². The van der Waals surface area contributed by atoms with Crippen molar-refractivity contribution in [2.45, 2.75) is 77.4 Å². The zero-order valence-electron chi connectivity index (χ0n) is 17.2. The second-order valence-corrected chi connectivity index (χ2v) is 8.90. The van der Waals surface area contributed by atoms with Crippen LogP contribution in [0.5, 0.6) is 0 Å². The van der Waals surface area contributed by atoms with Gasteiger partial charge in [-0.15, -0.1) is 0 Å². The minimum absolute atomic E-state index is 0.0330. The number of allylic oxidation sites excluding steroid dienone is 1. The molecule has 2 N–H and O–H groups in total. The summed E-state index contributed by atoms with van der Waals surface area (Å²) >= 11 is 0. The lowest BCUT2D eigenvalue weighted by Crippen LogP contribution is -2.74. The van der Waals surface area contributed by atoms with Crippen molar-refractivity contribution in [3.63, 3.8) is 0 Å². The van der Waals surface area contributed by atoms with Gasteiger partial charge < -0.3 is 5.32 Å². The molecule has 0 aromatic carbocycles. The van der Waals surface area contributed by atoms with E-state index >= 15 is 0 Å². The average molecular weight is 364 g/mol. The number of nitrogens with zero attached hydrogens (tertiary/aromatic N) is 1. The molecule has 3 rings (SSSR count). The Hall–Kier alpha value is -1.04. The monoisotopic (exact) mass is 363 g/mol. The van der Waals surface area contributed by atoms with Gasteiger partial charge in [0, 0.05) is 31.6 Å². The summed E-state index contributed by atoms with van der Waals surface area (Å²) in [5, 5.41) is 6.85. The van der Waals surface area contributed by atoms with E-state index in [1.807, 2.05) is 20.8 Å². The van der Waals surface area contributed by atoms with E-state index in [1.54, 1.807) is 0 Å². The van der Waals surface area contributed by atoms with Gasteiger partial charge in [0.2, 0.25) is 0 Å².